The Morgan fingerprint density at radius 1 is 0.903 bits per heavy atom. The van der Waals surface area contributed by atoms with Crippen molar-refractivity contribution >= 4 is 28.5 Å². The number of benzene rings is 2. The van der Waals surface area contributed by atoms with E-state index >= 15 is 0 Å². The van der Waals surface area contributed by atoms with E-state index in [0.717, 1.165) is 16.8 Å². The van der Waals surface area contributed by atoms with Gasteiger partial charge in [-0.2, -0.15) is 5.10 Å². The summed E-state index contributed by atoms with van der Waals surface area (Å²) in [6.45, 7) is 8.06. The molecule has 4 aromatic rings. The van der Waals surface area contributed by atoms with Crippen LogP contribution in [0.15, 0.2) is 54.7 Å². The zero-order chi connectivity index (χ0) is 21.9. The molecule has 1 aliphatic rings. The Labute approximate surface area is 180 Å². The van der Waals surface area contributed by atoms with Crippen molar-refractivity contribution in [3.8, 4) is 5.69 Å². The van der Waals surface area contributed by atoms with Gasteiger partial charge in [0.25, 0.3) is 11.8 Å². The number of hydrogen-bond acceptors (Lipinski definition) is 4. The lowest BCUT2D eigenvalue weighted by Crippen LogP contribution is -2.29. The van der Waals surface area contributed by atoms with E-state index in [0.29, 0.717) is 39.5 Å². The summed E-state index contributed by atoms with van der Waals surface area (Å²) in [5.74, 6) is -0.318. The number of imide groups is 1. The van der Waals surface area contributed by atoms with Crippen molar-refractivity contribution < 1.29 is 9.59 Å². The van der Waals surface area contributed by atoms with Crippen molar-refractivity contribution in [2.24, 2.45) is 0 Å². The Balaban J connectivity index is 1.67. The number of aryl methyl sites for hydroxylation is 2. The number of para-hydroxylation sites is 1. The van der Waals surface area contributed by atoms with E-state index in [2.05, 4.69) is 23.9 Å². The number of fused-ring (bicyclic) bond motifs is 3. The van der Waals surface area contributed by atoms with Gasteiger partial charge in [-0.15, -0.1) is 0 Å². The highest BCUT2D eigenvalue weighted by atomic mass is 16.2. The number of pyridine rings is 1. The Morgan fingerprint density at radius 2 is 1.61 bits per heavy atom. The smallest absolute Gasteiger partial charge is 0.267 e. The van der Waals surface area contributed by atoms with Gasteiger partial charge in [-0.1, -0.05) is 44.2 Å². The number of carbonyl (C=O) groups is 2. The van der Waals surface area contributed by atoms with Gasteiger partial charge in [-0.05, 0) is 49.1 Å². The first-order valence-corrected chi connectivity index (χ1v) is 10.3. The average Bonchev–Trinajstić information content (AvgIpc) is 3.22. The lowest BCUT2D eigenvalue weighted by Gasteiger charge is -2.15. The highest BCUT2D eigenvalue weighted by Crippen LogP contribution is 2.35. The molecular formula is C25H22N4O2. The van der Waals surface area contributed by atoms with Crippen molar-refractivity contribution in [3.05, 3.63) is 82.7 Å². The normalized spacial score (nSPS) is 13.5. The Hall–Kier alpha value is -3.80. The largest absolute Gasteiger partial charge is 0.268 e. The van der Waals surface area contributed by atoms with Crippen molar-refractivity contribution in [1.29, 1.82) is 0 Å². The first-order chi connectivity index (χ1) is 14.9. The molecule has 0 atom stereocenters. The van der Waals surface area contributed by atoms with Crippen LogP contribution in [0, 0.1) is 13.8 Å². The molecule has 0 saturated heterocycles. The Morgan fingerprint density at radius 3 is 2.29 bits per heavy atom. The van der Waals surface area contributed by atoms with E-state index in [4.69, 9.17) is 0 Å². The molecule has 6 heteroatoms. The van der Waals surface area contributed by atoms with E-state index in [1.807, 2.05) is 62.4 Å². The van der Waals surface area contributed by atoms with Crippen molar-refractivity contribution in [3.63, 3.8) is 0 Å². The van der Waals surface area contributed by atoms with Gasteiger partial charge >= 0.3 is 0 Å². The van der Waals surface area contributed by atoms with Crippen LogP contribution < -0.4 is 4.90 Å². The highest BCUT2D eigenvalue weighted by molar-refractivity contribution is 6.37. The third-order valence-corrected chi connectivity index (χ3v) is 5.88. The number of amides is 2. The summed E-state index contributed by atoms with van der Waals surface area (Å²) in [5.41, 5.74) is 5.59. The SMILES string of the molecule is Cc1ccccc1-n1nc(C)c2c3c(cnc21)C(=O)N(c1ccc(C(C)C)cc1)C3=O. The molecule has 154 valence electrons. The van der Waals surface area contributed by atoms with E-state index in [-0.39, 0.29) is 11.8 Å². The molecule has 31 heavy (non-hydrogen) atoms. The van der Waals surface area contributed by atoms with Crippen LogP contribution in [0.1, 0.15) is 57.3 Å². The van der Waals surface area contributed by atoms with Crippen molar-refractivity contribution in [2.45, 2.75) is 33.6 Å². The number of rotatable bonds is 3. The molecule has 0 spiro atoms. The van der Waals surface area contributed by atoms with Gasteiger partial charge in [0, 0.05) is 6.20 Å². The zero-order valence-corrected chi connectivity index (χ0v) is 17.9. The minimum atomic E-state index is -0.352. The minimum absolute atomic E-state index is 0.317. The summed E-state index contributed by atoms with van der Waals surface area (Å²) in [6.07, 6.45) is 1.50. The molecule has 0 radical (unpaired) electrons. The second kappa shape index (κ2) is 6.87. The predicted molar refractivity (Wildman–Crippen MR) is 120 cm³/mol. The molecule has 0 saturated carbocycles. The Bertz CT molecular complexity index is 1370. The van der Waals surface area contributed by atoms with Crippen LogP contribution in [-0.4, -0.2) is 26.6 Å². The summed E-state index contributed by atoms with van der Waals surface area (Å²) in [4.78, 5) is 32.4. The van der Waals surface area contributed by atoms with Crippen LogP contribution in [0.4, 0.5) is 5.69 Å². The molecule has 0 fully saturated rings. The summed E-state index contributed by atoms with van der Waals surface area (Å²) in [7, 11) is 0. The van der Waals surface area contributed by atoms with Crippen molar-refractivity contribution in [2.75, 3.05) is 4.90 Å². The van der Waals surface area contributed by atoms with Crippen LogP contribution in [-0.2, 0) is 0 Å². The molecule has 2 aromatic carbocycles. The maximum absolute atomic E-state index is 13.4. The van der Waals surface area contributed by atoms with Gasteiger partial charge in [0.05, 0.1) is 33.6 Å². The number of anilines is 1. The molecule has 1 aliphatic heterocycles. The number of carbonyl (C=O) groups excluding carboxylic acids is 2. The van der Waals surface area contributed by atoms with Crippen LogP contribution in [0.25, 0.3) is 16.7 Å². The second-order valence-corrected chi connectivity index (χ2v) is 8.22. The van der Waals surface area contributed by atoms with E-state index in [1.54, 1.807) is 4.68 Å². The van der Waals surface area contributed by atoms with Gasteiger partial charge in [-0.25, -0.2) is 14.6 Å². The van der Waals surface area contributed by atoms with Gasteiger partial charge in [0.1, 0.15) is 0 Å². The summed E-state index contributed by atoms with van der Waals surface area (Å²) < 4.78 is 1.75. The van der Waals surface area contributed by atoms with E-state index in [9.17, 15) is 9.59 Å². The van der Waals surface area contributed by atoms with Gasteiger partial charge < -0.3 is 0 Å². The quantitative estimate of drug-likeness (QED) is 0.448. The lowest BCUT2D eigenvalue weighted by atomic mass is 10.0. The molecule has 5 rings (SSSR count). The fourth-order valence-electron chi connectivity index (χ4n) is 4.17. The molecule has 6 nitrogen and oxygen atoms in total. The van der Waals surface area contributed by atoms with Crippen molar-refractivity contribution in [1.82, 2.24) is 14.8 Å². The first kappa shape index (κ1) is 19.2. The Kier molecular flexibility index (Phi) is 4.25. The molecule has 0 aliphatic carbocycles. The highest BCUT2D eigenvalue weighted by Gasteiger charge is 2.40. The average molecular weight is 410 g/mol. The van der Waals surface area contributed by atoms with Gasteiger partial charge in [0.2, 0.25) is 0 Å². The topological polar surface area (TPSA) is 68.1 Å². The number of nitrogens with zero attached hydrogens (tertiary/aromatic N) is 4. The molecule has 2 amide bonds. The predicted octanol–water partition coefficient (Wildman–Crippen LogP) is 4.96. The zero-order valence-electron chi connectivity index (χ0n) is 17.9. The fourth-order valence-corrected chi connectivity index (χ4v) is 4.17. The van der Waals surface area contributed by atoms with Crippen LogP contribution >= 0.6 is 0 Å². The molecule has 0 N–H and O–H groups in total. The monoisotopic (exact) mass is 410 g/mol. The van der Waals surface area contributed by atoms with Gasteiger partial charge in [0.15, 0.2) is 5.65 Å². The fraction of sp³-hybridized carbons (Fsp3) is 0.200. The lowest BCUT2D eigenvalue weighted by molar-refractivity contribution is 0.0926. The molecule has 3 heterocycles. The van der Waals surface area contributed by atoms with Crippen LogP contribution in [0.5, 0.6) is 0 Å². The van der Waals surface area contributed by atoms with Crippen LogP contribution in [0.2, 0.25) is 0 Å². The van der Waals surface area contributed by atoms with Crippen LogP contribution in [0.3, 0.4) is 0 Å². The molecule has 0 bridgehead atoms. The number of hydrogen-bond donors (Lipinski definition) is 0. The molecule has 0 unspecified atom stereocenters. The van der Waals surface area contributed by atoms with Gasteiger partial charge in [-0.3, -0.25) is 9.59 Å². The number of aromatic nitrogens is 3. The maximum atomic E-state index is 13.4. The third-order valence-electron chi connectivity index (χ3n) is 5.88. The summed E-state index contributed by atoms with van der Waals surface area (Å²) in [5, 5.41) is 5.28. The first-order valence-electron chi connectivity index (χ1n) is 10.3. The van der Waals surface area contributed by atoms with E-state index < -0.39 is 0 Å². The standard InChI is InChI=1S/C25H22N4O2/c1-14(2)17-9-11-18(12-10-17)28-24(30)19-13-26-23-21(22(19)25(28)31)16(4)27-29(23)20-8-6-5-7-15(20)3/h5-14H,1-4H3. The molecule has 2 aromatic heterocycles. The summed E-state index contributed by atoms with van der Waals surface area (Å²) in [6, 6.07) is 15.4. The van der Waals surface area contributed by atoms with E-state index in [1.165, 1.54) is 11.1 Å². The summed E-state index contributed by atoms with van der Waals surface area (Å²) >= 11 is 0. The third kappa shape index (κ3) is 2.79. The molecular weight excluding hydrogens is 388 g/mol. The maximum Gasteiger partial charge on any atom is 0.267 e. The second-order valence-electron chi connectivity index (χ2n) is 8.22. The minimum Gasteiger partial charge on any atom is -0.268 e.